The predicted octanol–water partition coefficient (Wildman–Crippen LogP) is 4.37. The monoisotopic (exact) mass is 547 g/mol. The first-order valence-electron chi connectivity index (χ1n) is 11.8. The molecule has 1 aromatic carbocycles. The van der Waals surface area contributed by atoms with Crippen molar-refractivity contribution in [3.8, 4) is 22.4 Å². The first kappa shape index (κ1) is 24.3. The summed E-state index contributed by atoms with van der Waals surface area (Å²) in [6.45, 7) is 3.01. The largest absolute Gasteiger partial charge is 0.378 e. The molecule has 5 aromatic rings. The van der Waals surface area contributed by atoms with Gasteiger partial charge in [-0.3, -0.25) is 9.82 Å². The zero-order valence-electron chi connectivity index (χ0n) is 20.0. The molecule has 0 spiro atoms. The molecule has 0 saturated carbocycles. The Bertz CT molecular complexity index is 1700. The molecule has 1 aliphatic rings. The van der Waals surface area contributed by atoms with E-state index < -0.39 is 10.0 Å². The summed E-state index contributed by atoms with van der Waals surface area (Å²) in [7, 11) is -3.84. The van der Waals surface area contributed by atoms with Crippen LogP contribution in [0.5, 0.6) is 0 Å². The van der Waals surface area contributed by atoms with E-state index in [1.165, 1.54) is 12.1 Å². The number of nitrogens with zero attached hydrogens (tertiary/aromatic N) is 5. The Kier molecular flexibility index (Phi) is 6.40. The van der Waals surface area contributed by atoms with Crippen LogP contribution < -0.4 is 9.62 Å². The van der Waals surface area contributed by atoms with Gasteiger partial charge >= 0.3 is 0 Å². The molecule has 6 rings (SSSR count). The van der Waals surface area contributed by atoms with Crippen LogP contribution in [0.1, 0.15) is 0 Å². The lowest BCUT2D eigenvalue weighted by Crippen LogP contribution is -2.36. The molecule has 0 aliphatic carbocycles. The second-order valence-electron chi connectivity index (χ2n) is 8.68. The highest BCUT2D eigenvalue weighted by Gasteiger charge is 2.18. The Labute approximate surface area is 223 Å². The van der Waals surface area contributed by atoms with E-state index in [0.717, 1.165) is 41.1 Å². The van der Waals surface area contributed by atoms with Crippen LogP contribution in [0.15, 0.2) is 78.1 Å². The van der Waals surface area contributed by atoms with E-state index in [1.807, 2.05) is 24.4 Å². The number of hydrogen-bond donors (Lipinski definition) is 2. The summed E-state index contributed by atoms with van der Waals surface area (Å²) in [4.78, 5) is 15.6. The van der Waals surface area contributed by atoms with Crippen molar-refractivity contribution in [2.75, 3.05) is 35.9 Å². The topological polar surface area (TPSA) is 126 Å². The standard InChI is InChI=1S/C26H22ClN7O3S/c27-25-22(33-38(35,36)20-4-2-1-3-5-20)13-19(15-29-25)18-12-21-24(31-32-26(21)30-16-18)17-6-7-23(28-14-17)34-8-10-37-11-9-34/h1-7,12-16,33H,8-11H2,(H,30,31,32). The van der Waals surface area contributed by atoms with Gasteiger partial charge in [-0.05, 0) is 36.4 Å². The maximum atomic E-state index is 12.8. The van der Waals surface area contributed by atoms with Gasteiger partial charge in [0.05, 0.1) is 29.5 Å². The van der Waals surface area contributed by atoms with Gasteiger partial charge < -0.3 is 9.64 Å². The van der Waals surface area contributed by atoms with E-state index in [4.69, 9.17) is 16.3 Å². The van der Waals surface area contributed by atoms with Crippen LogP contribution in [-0.2, 0) is 14.8 Å². The number of benzene rings is 1. The molecule has 1 fully saturated rings. The van der Waals surface area contributed by atoms with Crippen LogP contribution in [0.2, 0.25) is 5.15 Å². The summed E-state index contributed by atoms with van der Waals surface area (Å²) in [5.41, 5.74) is 3.73. The normalized spacial score (nSPS) is 14.1. The third kappa shape index (κ3) is 4.78. The number of H-pyrrole nitrogens is 1. The molecule has 5 heterocycles. The number of nitrogens with one attached hydrogen (secondary N) is 2. The van der Waals surface area contributed by atoms with E-state index in [2.05, 4.69) is 34.8 Å². The van der Waals surface area contributed by atoms with Crippen molar-refractivity contribution in [3.05, 3.63) is 78.3 Å². The number of ether oxygens (including phenoxy) is 1. The Morgan fingerprint density at radius 1 is 0.895 bits per heavy atom. The number of pyridine rings is 3. The van der Waals surface area contributed by atoms with Crippen LogP contribution in [0.4, 0.5) is 11.5 Å². The molecule has 1 aliphatic heterocycles. The molecule has 0 unspecified atom stereocenters. The molecule has 38 heavy (non-hydrogen) atoms. The number of hydrogen-bond acceptors (Lipinski definition) is 8. The van der Waals surface area contributed by atoms with Crippen LogP contribution in [0, 0.1) is 0 Å². The van der Waals surface area contributed by atoms with Crippen molar-refractivity contribution in [3.63, 3.8) is 0 Å². The number of fused-ring (bicyclic) bond motifs is 1. The SMILES string of the molecule is O=S(=O)(Nc1cc(-c2cnc3n[nH]c(-c4ccc(N5CCOCC5)nc4)c3c2)cnc1Cl)c1ccccc1. The molecule has 0 radical (unpaired) electrons. The van der Waals surface area contributed by atoms with Gasteiger partial charge in [0, 0.05) is 53.8 Å². The quantitative estimate of drug-likeness (QED) is 0.300. The zero-order valence-corrected chi connectivity index (χ0v) is 21.6. The highest BCUT2D eigenvalue weighted by atomic mass is 35.5. The summed E-state index contributed by atoms with van der Waals surface area (Å²) in [6, 6.07) is 15.6. The Balaban J connectivity index is 1.31. The van der Waals surface area contributed by atoms with E-state index in [0.29, 0.717) is 24.4 Å². The number of sulfonamides is 1. The maximum Gasteiger partial charge on any atom is 0.261 e. The second kappa shape index (κ2) is 10.0. The summed E-state index contributed by atoms with van der Waals surface area (Å²) >= 11 is 6.24. The van der Waals surface area contributed by atoms with Crippen molar-refractivity contribution >= 4 is 44.2 Å². The Morgan fingerprint density at radius 2 is 1.63 bits per heavy atom. The van der Waals surface area contributed by atoms with Gasteiger partial charge in [0.1, 0.15) is 5.82 Å². The van der Waals surface area contributed by atoms with Gasteiger partial charge in [0.15, 0.2) is 10.8 Å². The number of rotatable bonds is 6. The minimum Gasteiger partial charge on any atom is -0.378 e. The number of morpholine rings is 1. The van der Waals surface area contributed by atoms with Crippen LogP contribution in [-0.4, -0.2) is 59.9 Å². The minimum absolute atomic E-state index is 0.0396. The molecule has 1 saturated heterocycles. The van der Waals surface area contributed by atoms with Crippen LogP contribution >= 0.6 is 11.6 Å². The molecule has 192 valence electrons. The fraction of sp³-hybridized carbons (Fsp3) is 0.154. The second-order valence-corrected chi connectivity index (χ2v) is 10.7. The van der Waals surface area contributed by atoms with Gasteiger partial charge in [-0.25, -0.2) is 23.4 Å². The highest BCUT2D eigenvalue weighted by molar-refractivity contribution is 7.92. The molecule has 0 amide bonds. The molecule has 2 N–H and O–H groups in total. The lowest BCUT2D eigenvalue weighted by Gasteiger charge is -2.27. The third-order valence-electron chi connectivity index (χ3n) is 6.25. The number of anilines is 2. The van der Waals surface area contributed by atoms with Crippen molar-refractivity contribution < 1.29 is 13.2 Å². The van der Waals surface area contributed by atoms with Crippen molar-refractivity contribution in [1.82, 2.24) is 25.1 Å². The van der Waals surface area contributed by atoms with Gasteiger partial charge in [-0.2, -0.15) is 5.10 Å². The van der Waals surface area contributed by atoms with Gasteiger partial charge in [-0.1, -0.05) is 29.8 Å². The molecule has 10 nitrogen and oxygen atoms in total. The average Bonchev–Trinajstić information content (AvgIpc) is 3.38. The van der Waals surface area contributed by atoms with Gasteiger partial charge in [0.25, 0.3) is 10.0 Å². The summed E-state index contributed by atoms with van der Waals surface area (Å²) in [5.74, 6) is 0.900. The molecule has 0 bridgehead atoms. The highest BCUT2D eigenvalue weighted by Crippen LogP contribution is 2.32. The number of aromatic nitrogens is 5. The van der Waals surface area contributed by atoms with E-state index in [9.17, 15) is 8.42 Å². The van der Waals surface area contributed by atoms with Gasteiger partial charge in [0.2, 0.25) is 0 Å². The van der Waals surface area contributed by atoms with Gasteiger partial charge in [-0.15, -0.1) is 0 Å². The summed E-state index contributed by atoms with van der Waals surface area (Å²) in [6.07, 6.45) is 5.04. The lowest BCUT2D eigenvalue weighted by atomic mass is 10.1. The number of aromatic amines is 1. The fourth-order valence-corrected chi connectivity index (χ4v) is 5.56. The lowest BCUT2D eigenvalue weighted by molar-refractivity contribution is 0.122. The molecular weight excluding hydrogens is 526 g/mol. The Hall–Kier alpha value is -4.06. The van der Waals surface area contributed by atoms with E-state index >= 15 is 0 Å². The minimum atomic E-state index is -3.84. The van der Waals surface area contributed by atoms with E-state index in [-0.39, 0.29) is 15.7 Å². The maximum absolute atomic E-state index is 12.8. The summed E-state index contributed by atoms with van der Waals surface area (Å²) in [5, 5.41) is 8.24. The first-order chi connectivity index (χ1) is 18.5. The van der Waals surface area contributed by atoms with Crippen molar-refractivity contribution in [2.45, 2.75) is 4.90 Å². The smallest absolute Gasteiger partial charge is 0.261 e. The van der Waals surface area contributed by atoms with E-state index in [1.54, 1.807) is 36.7 Å². The van der Waals surface area contributed by atoms with Crippen molar-refractivity contribution in [1.29, 1.82) is 0 Å². The zero-order chi connectivity index (χ0) is 26.1. The van der Waals surface area contributed by atoms with Crippen molar-refractivity contribution in [2.24, 2.45) is 0 Å². The summed E-state index contributed by atoms with van der Waals surface area (Å²) < 4.78 is 33.6. The average molecular weight is 548 g/mol. The van der Waals surface area contributed by atoms with Crippen LogP contribution in [0.25, 0.3) is 33.4 Å². The van der Waals surface area contributed by atoms with Crippen LogP contribution in [0.3, 0.4) is 0 Å². The molecule has 12 heteroatoms. The Morgan fingerprint density at radius 3 is 2.39 bits per heavy atom. The number of halogens is 1. The fourth-order valence-electron chi connectivity index (χ4n) is 4.27. The molecule has 0 atom stereocenters. The third-order valence-corrected chi connectivity index (χ3v) is 7.93. The first-order valence-corrected chi connectivity index (χ1v) is 13.7. The molecular formula is C26H22ClN7O3S. The predicted molar refractivity (Wildman–Crippen MR) is 146 cm³/mol. The molecule has 4 aromatic heterocycles.